The number of benzene rings is 2. The van der Waals surface area contributed by atoms with Crippen LogP contribution in [-0.2, 0) is 6.54 Å². The molecular weight excluding hydrogens is 312 g/mol. The van der Waals surface area contributed by atoms with E-state index in [-0.39, 0.29) is 11.6 Å². The monoisotopic (exact) mass is 330 g/mol. The first-order chi connectivity index (χ1) is 12.1. The number of fused-ring (bicyclic) bond motifs is 3. The molecule has 0 unspecified atom stereocenters. The van der Waals surface area contributed by atoms with E-state index in [0.717, 1.165) is 22.6 Å². The van der Waals surface area contributed by atoms with E-state index in [2.05, 4.69) is 21.7 Å². The lowest BCUT2D eigenvalue weighted by molar-refractivity contribution is 0.0812. The minimum atomic E-state index is -0.512. The smallest absolute Gasteiger partial charge is 0.254 e. The molecule has 0 spiro atoms. The third kappa shape index (κ3) is 2.41. The predicted molar refractivity (Wildman–Crippen MR) is 96.0 cm³/mol. The van der Waals surface area contributed by atoms with Gasteiger partial charge < -0.3 is 4.57 Å². The lowest BCUT2D eigenvalue weighted by Gasteiger charge is -2.18. The van der Waals surface area contributed by atoms with Crippen LogP contribution in [0.25, 0.3) is 11.3 Å². The van der Waals surface area contributed by atoms with Gasteiger partial charge >= 0.3 is 0 Å². The number of hydrogen-bond donors (Lipinski definition) is 0. The normalized spacial score (nSPS) is 13.1. The maximum atomic E-state index is 12.6. The Morgan fingerprint density at radius 3 is 2.20 bits per heavy atom. The second-order valence-corrected chi connectivity index (χ2v) is 6.60. The van der Waals surface area contributed by atoms with Crippen molar-refractivity contribution in [3.05, 3.63) is 77.2 Å². The zero-order valence-corrected chi connectivity index (χ0v) is 14.2. The van der Waals surface area contributed by atoms with Crippen molar-refractivity contribution in [3.63, 3.8) is 0 Å². The minimum absolute atomic E-state index is 0.143. The fraction of sp³-hybridized carbons (Fsp3) is 0.190. The standard InChI is InChI=1S/C21H18N2O2/c1-13(2)21-22-17-18(23(21)12-14-8-4-3-5-9-14)15-10-6-7-11-16(15)19(24)20(17)25/h3-11,13H,12H2,1-2H3. The number of Topliss-reactive ketones (excluding diaryl/α,β-unsaturated/α-hetero) is 2. The number of ketones is 2. The quantitative estimate of drug-likeness (QED) is 0.679. The molecule has 1 heterocycles. The van der Waals surface area contributed by atoms with Crippen LogP contribution in [0.3, 0.4) is 0 Å². The third-order valence-corrected chi connectivity index (χ3v) is 4.55. The topological polar surface area (TPSA) is 52.0 Å². The molecule has 0 fully saturated rings. The van der Waals surface area contributed by atoms with Crippen LogP contribution >= 0.6 is 0 Å². The summed E-state index contributed by atoms with van der Waals surface area (Å²) in [6, 6.07) is 17.4. The molecule has 4 rings (SSSR count). The lowest BCUT2D eigenvalue weighted by atomic mass is 9.90. The SMILES string of the molecule is CC(C)c1nc2c(n1Cc1ccccc1)-c1ccccc1C(=O)C2=O. The zero-order chi connectivity index (χ0) is 17.6. The van der Waals surface area contributed by atoms with E-state index in [1.165, 1.54) is 0 Å². The number of carbonyl (C=O) groups excluding carboxylic acids is 2. The molecule has 1 aromatic heterocycles. The summed E-state index contributed by atoms with van der Waals surface area (Å²) in [4.78, 5) is 29.6. The van der Waals surface area contributed by atoms with Gasteiger partial charge in [0.05, 0.1) is 5.69 Å². The summed E-state index contributed by atoms with van der Waals surface area (Å²) in [5.41, 5.74) is 3.42. The highest BCUT2D eigenvalue weighted by atomic mass is 16.2. The van der Waals surface area contributed by atoms with E-state index in [1.54, 1.807) is 12.1 Å². The molecule has 0 radical (unpaired) electrons. The minimum Gasteiger partial charge on any atom is -0.323 e. The number of hydrogen-bond acceptors (Lipinski definition) is 3. The number of rotatable bonds is 3. The fourth-order valence-corrected chi connectivity index (χ4v) is 3.39. The van der Waals surface area contributed by atoms with Crippen molar-refractivity contribution in [2.75, 3.05) is 0 Å². The van der Waals surface area contributed by atoms with Crippen LogP contribution in [0.4, 0.5) is 0 Å². The Bertz CT molecular complexity index is 984. The van der Waals surface area contributed by atoms with Crippen LogP contribution in [0.15, 0.2) is 54.6 Å². The summed E-state index contributed by atoms with van der Waals surface area (Å²) in [5.74, 6) is -0.0127. The van der Waals surface area contributed by atoms with Crippen molar-refractivity contribution in [2.45, 2.75) is 26.3 Å². The average molecular weight is 330 g/mol. The summed E-state index contributed by atoms with van der Waals surface area (Å²) in [6.07, 6.45) is 0. The largest absolute Gasteiger partial charge is 0.323 e. The van der Waals surface area contributed by atoms with Gasteiger partial charge in [0.15, 0.2) is 0 Å². The van der Waals surface area contributed by atoms with E-state index in [9.17, 15) is 9.59 Å². The van der Waals surface area contributed by atoms with Gasteiger partial charge in [-0.1, -0.05) is 68.4 Å². The van der Waals surface area contributed by atoms with Gasteiger partial charge in [-0.15, -0.1) is 0 Å². The molecular formula is C21H18N2O2. The van der Waals surface area contributed by atoms with Gasteiger partial charge in [0.1, 0.15) is 11.5 Å². The van der Waals surface area contributed by atoms with Crippen LogP contribution in [-0.4, -0.2) is 21.1 Å². The van der Waals surface area contributed by atoms with Gasteiger partial charge in [-0.25, -0.2) is 4.98 Å². The molecule has 1 aliphatic rings. The van der Waals surface area contributed by atoms with E-state index in [0.29, 0.717) is 12.1 Å². The van der Waals surface area contributed by atoms with Gasteiger partial charge in [-0.05, 0) is 5.56 Å². The number of aromatic nitrogens is 2. The average Bonchev–Trinajstić information content (AvgIpc) is 3.00. The van der Waals surface area contributed by atoms with E-state index >= 15 is 0 Å². The Labute approximate surface area is 146 Å². The van der Waals surface area contributed by atoms with Crippen LogP contribution < -0.4 is 0 Å². The Balaban J connectivity index is 1.98. The summed E-state index contributed by atoms with van der Waals surface area (Å²) in [6.45, 7) is 4.72. The number of imidazole rings is 1. The second kappa shape index (κ2) is 5.81. The Hall–Kier alpha value is -3.01. The number of nitrogens with zero attached hydrogens (tertiary/aromatic N) is 2. The van der Waals surface area contributed by atoms with Crippen LogP contribution in [0, 0.1) is 0 Å². The van der Waals surface area contributed by atoms with Crippen LogP contribution in [0.2, 0.25) is 0 Å². The molecule has 0 saturated carbocycles. The van der Waals surface area contributed by atoms with Gasteiger partial charge in [0.2, 0.25) is 5.78 Å². The maximum absolute atomic E-state index is 12.6. The third-order valence-electron chi connectivity index (χ3n) is 4.55. The lowest BCUT2D eigenvalue weighted by Crippen LogP contribution is -2.22. The molecule has 4 nitrogen and oxygen atoms in total. The summed E-state index contributed by atoms with van der Waals surface area (Å²) < 4.78 is 2.08. The molecule has 124 valence electrons. The maximum Gasteiger partial charge on any atom is 0.254 e. The first-order valence-corrected chi connectivity index (χ1v) is 8.40. The van der Waals surface area contributed by atoms with Crippen LogP contribution in [0.1, 0.15) is 52.0 Å². The molecule has 4 heteroatoms. The predicted octanol–water partition coefficient (Wildman–Crippen LogP) is 4.10. The molecule has 0 atom stereocenters. The van der Waals surface area contributed by atoms with Gasteiger partial charge in [-0.2, -0.15) is 0 Å². The molecule has 0 N–H and O–H groups in total. The van der Waals surface area contributed by atoms with Gasteiger partial charge in [-0.3, -0.25) is 9.59 Å². The Morgan fingerprint density at radius 1 is 0.880 bits per heavy atom. The van der Waals surface area contributed by atoms with Crippen molar-refractivity contribution in [3.8, 4) is 11.3 Å². The first-order valence-electron chi connectivity index (χ1n) is 8.40. The van der Waals surface area contributed by atoms with E-state index in [1.807, 2.05) is 44.2 Å². The molecule has 1 aliphatic carbocycles. The zero-order valence-electron chi connectivity index (χ0n) is 14.2. The molecule has 0 saturated heterocycles. The fourth-order valence-electron chi connectivity index (χ4n) is 3.39. The molecule has 2 aromatic carbocycles. The van der Waals surface area contributed by atoms with Crippen molar-refractivity contribution in [2.24, 2.45) is 0 Å². The van der Waals surface area contributed by atoms with E-state index in [4.69, 9.17) is 0 Å². The molecule has 0 bridgehead atoms. The highest BCUT2D eigenvalue weighted by molar-refractivity contribution is 6.52. The number of carbonyl (C=O) groups is 2. The Kier molecular flexibility index (Phi) is 3.61. The van der Waals surface area contributed by atoms with E-state index < -0.39 is 11.6 Å². The molecule has 3 aromatic rings. The van der Waals surface area contributed by atoms with Gasteiger partial charge in [0.25, 0.3) is 5.78 Å². The highest BCUT2D eigenvalue weighted by Crippen LogP contribution is 2.36. The Morgan fingerprint density at radius 2 is 1.52 bits per heavy atom. The van der Waals surface area contributed by atoms with Crippen molar-refractivity contribution >= 4 is 11.6 Å². The van der Waals surface area contributed by atoms with Crippen molar-refractivity contribution in [1.82, 2.24) is 9.55 Å². The molecule has 0 amide bonds. The first kappa shape index (κ1) is 15.5. The molecule has 0 aliphatic heterocycles. The second-order valence-electron chi connectivity index (χ2n) is 6.60. The van der Waals surface area contributed by atoms with Crippen LogP contribution in [0.5, 0.6) is 0 Å². The summed E-state index contributed by atoms with van der Waals surface area (Å²) in [5, 5.41) is 0. The van der Waals surface area contributed by atoms with Crippen molar-refractivity contribution in [1.29, 1.82) is 0 Å². The summed E-state index contributed by atoms with van der Waals surface area (Å²) in [7, 11) is 0. The van der Waals surface area contributed by atoms with Crippen molar-refractivity contribution < 1.29 is 9.59 Å². The highest BCUT2D eigenvalue weighted by Gasteiger charge is 2.36. The summed E-state index contributed by atoms with van der Waals surface area (Å²) >= 11 is 0. The van der Waals surface area contributed by atoms with Gasteiger partial charge in [0, 0.05) is 23.6 Å². The molecule has 25 heavy (non-hydrogen) atoms.